The molecule has 0 fully saturated rings. The molecule has 0 aliphatic heterocycles. The Morgan fingerprint density at radius 1 is 0.279 bits per heavy atom. The Kier molecular flexibility index (Phi) is 74.2. The number of hydrogen-bond acceptors (Lipinski definition) is 15. The SMILES string of the molecule is CC/C=C\C/C=C\C/C=C\C/C=C\C/C=C\C/C=C\CCC(=O)OC[C@H](COP(=O)(O)OC[C@@H](O)COP(=O)(O)OC[C@@H](COC(=O)CCCCCCC/C=C\CCCCCCCC)OC(=O)CCCCCCC/C=C\CCCCCCCC)OC(=O)CCCCCCCCCCCCCCCCC. The summed E-state index contributed by atoms with van der Waals surface area (Å²) in [5.74, 6) is -2.27. The average Bonchev–Trinajstić information content (AvgIpc) is 0.918. The minimum atomic E-state index is -4.99. The first-order valence-electron chi connectivity index (χ1n) is 41.5. The van der Waals surface area contributed by atoms with E-state index in [9.17, 15) is 43.2 Å². The third kappa shape index (κ3) is 76.2. The molecule has 0 amide bonds. The van der Waals surface area contributed by atoms with Gasteiger partial charge in [-0.15, -0.1) is 0 Å². The van der Waals surface area contributed by atoms with Gasteiger partial charge >= 0.3 is 39.5 Å². The molecule has 0 rings (SSSR count). The topological polar surface area (TPSA) is 237 Å². The van der Waals surface area contributed by atoms with Gasteiger partial charge in [0.05, 0.1) is 26.4 Å². The van der Waals surface area contributed by atoms with Gasteiger partial charge < -0.3 is 33.8 Å². The number of aliphatic hydroxyl groups is 1. The van der Waals surface area contributed by atoms with Crippen LogP contribution in [-0.4, -0.2) is 96.7 Å². The van der Waals surface area contributed by atoms with Crippen LogP contribution in [0.4, 0.5) is 0 Å². The number of ether oxygens (including phenoxy) is 4. The second-order valence-electron chi connectivity index (χ2n) is 27.7. The number of allylic oxidation sites excluding steroid dienone is 16. The third-order valence-electron chi connectivity index (χ3n) is 17.5. The molecule has 19 heteroatoms. The Labute approximate surface area is 633 Å². The number of carbonyl (C=O) groups excluding carboxylic acids is 4. The predicted octanol–water partition coefficient (Wildman–Crippen LogP) is 24.3. The van der Waals surface area contributed by atoms with E-state index in [1.54, 1.807) is 0 Å². The highest BCUT2D eigenvalue weighted by Gasteiger charge is 2.30. The summed E-state index contributed by atoms with van der Waals surface area (Å²) in [6, 6.07) is 0. The van der Waals surface area contributed by atoms with E-state index >= 15 is 0 Å². The van der Waals surface area contributed by atoms with Crippen LogP contribution in [-0.2, 0) is 65.4 Å². The minimum absolute atomic E-state index is 0.0380. The fourth-order valence-corrected chi connectivity index (χ4v) is 12.8. The zero-order valence-corrected chi connectivity index (χ0v) is 67.7. The first-order valence-corrected chi connectivity index (χ1v) is 44.5. The number of aliphatic hydroxyl groups excluding tert-OH is 1. The van der Waals surface area contributed by atoms with Crippen molar-refractivity contribution in [1.82, 2.24) is 0 Å². The maximum absolute atomic E-state index is 13.1. The Balaban J connectivity index is 5.41. The highest BCUT2D eigenvalue weighted by molar-refractivity contribution is 7.47. The standard InChI is InChI=1S/C85H150O17P2/c1-5-9-13-17-21-25-29-33-37-38-39-40-44-46-50-54-58-62-66-70-83(88)96-76-81(102-85(90)72-68-64-60-56-52-48-43-36-32-28-24-20-16-12-8-4)78-100-104(93,94)98-74-79(86)73-97-103(91,92)99-77-80(101-84(89)71-67-63-59-55-51-47-42-35-31-27-23-19-15-11-7-3)75-95-82(87)69-65-61-57-53-49-45-41-34-30-26-22-18-14-10-6-2/h9,13,21,25,33-35,37,39-42,46,50,58,62,79-81,86H,5-8,10-12,14-20,22-24,26-32,36,38,43-45,47-49,51-57,59-61,63-78H2,1-4H3,(H,91,92)(H,93,94)/b13-9-,25-21-,37-33-,40-39-,41-34-,42-35-,50-46-,62-58-/t79-,80+,81+/m0/s1. The summed E-state index contributed by atoms with van der Waals surface area (Å²) in [4.78, 5) is 73.1. The number of unbranched alkanes of at least 4 members (excludes halogenated alkanes) is 36. The molecule has 0 heterocycles. The van der Waals surface area contributed by atoms with E-state index in [-0.39, 0.29) is 25.7 Å². The van der Waals surface area contributed by atoms with Crippen LogP contribution in [0.1, 0.15) is 362 Å². The second-order valence-corrected chi connectivity index (χ2v) is 30.6. The van der Waals surface area contributed by atoms with E-state index in [0.717, 1.165) is 135 Å². The van der Waals surface area contributed by atoms with Crippen LogP contribution in [0.3, 0.4) is 0 Å². The molecule has 602 valence electrons. The lowest BCUT2D eigenvalue weighted by Crippen LogP contribution is -2.30. The number of rotatable bonds is 78. The van der Waals surface area contributed by atoms with Crippen molar-refractivity contribution in [3.63, 3.8) is 0 Å². The van der Waals surface area contributed by atoms with Gasteiger partial charge in [0.2, 0.25) is 0 Å². The van der Waals surface area contributed by atoms with Crippen LogP contribution in [0.25, 0.3) is 0 Å². The summed E-state index contributed by atoms with van der Waals surface area (Å²) in [7, 11) is -9.98. The fraction of sp³-hybridized carbons (Fsp3) is 0.765. The largest absolute Gasteiger partial charge is 0.472 e. The zero-order valence-electron chi connectivity index (χ0n) is 65.9. The third-order valence-corrected chi connectivity index (χ3v) is 19.4. The Morgan fingerprint density at radius 2 is 0.519 bits per heavy atom. The zero-order chi connectivity index (χ0) is 76.0. The highest BCUT2D eigenvalue weighted by atomic mass is 31.2. The molecule has 0 saturated heterocycles. The summed E-state index contributed by atoms with van der Waals surface area (Å²) in [6.45, 7) is 4.71. The van der Waals surface area contributed by atoms with E-state index in [1.165, 1.54) is 141 Å². The van der Waals surface area contributed by atoms with Crippen molar-refractivity contribution in [2.24, 2.45) is 0 Å². The van der Waals surface area contributed by atoms with Crippen LogP contribution >= 0.6 is 15.6 Å². The average molecular weight is 1510 g/mol. The molecule has 0 aromatic rings. The van der Waals surface area contributed by atoms with Gasteiger partial charge in [-0.3, -0.25) is 37.3 Å². The van der Waals surface area contributed by atoms with Crippen LogP contribution in [0.15, 0.2) is 97.2 Å². The maximum Gasteiger partial charge on any atom is 0.472 e. The molecule has 0 aromatic carbocycles. The van der Waals surface area contributed by atoms with Crippen molar-refractivity contribution in [3.8, 4) is 0 Å². The quantitative estimate of drug-likeness (QED) is 0.0169. The molecule has 17 nitrogen and oxygen atoms in total. The summed E-state index contributed by atoms with van der Waals surface area (Å²) in [6.07, 6.45) is 82.5. The molecule has 0 bridgehead atoms. The Morgan fingerprint density at radius 3 is 0.827 bits per heavy atom. The van der Waals surface area contributed by atoms with Crippen molar-refractivity contribution in [1.29, 1.82) is 0 Å². The summed E-state index contributed by atoms with van der Waals surface area (Å²) >= 11 is 0. The molecular weight excluding hydrogens is 1350 g/mol. The van der Waals surface area contributed by atoms with Crippen molar-refractivity contribution in [2.45, 2.75) is 380 Å². The molecule has 0 aliphatic rings. The second kappa shape index (κ2) is 77.1. The summed E-state index contributed by atoms with van der Waals surface area (Å²) < 4.78 is 68.6. The molecule has 3 N–H and O–H groups in total. The van der Waals surface area contributed by atoms with Crippen LogP contribution in [0, 0.1) is 0 Å². The number of esters is 4. The van der Waals surface area contributed by atoms with Gasteiger partial charge in [-0.05, 0) is 116 Å². The van der Waals surface area contributed by atoms with Crippen LogP contribution < -0.4 is 0 Å². The van der Waals surface area contributed by atoms with Gasteiger partial charge in [-0.25, -0.2) is 9.13 Å². The first kappa shape index (κ1) is 100.0. The normalized spacial score (nSPS) is 14.3. The minimum Gasteiger partial charge on any atom is -0.462 e. The maximum atomic E-state index is 13.1. The van der Waals surface area contributed by atoms with E-state index in [1.807, 2.05) is 12.2 Å². The molecule has 0 saturated carbocycles. The first-order chi connectivity index (χ1) is 50.7. The van der Waals surface area contributed by atoms with E-state index in [4.69, 9.17) is 37.0 Å². The van der Waals surface area contributed by atoms with Crippen LogP contribution in [0.2, 0.25) is 0 Å². The molecule has 104 heavy (non-hydrogen) atoms. The Bertz CT molecular complexity index is 2350. The Hall–Kier alpha value is -4.02. The summed E-state index contributed by atoms with van der Waals surface area (Å²) in [5, 5.41) is 10.7. The van der Waals surface area contributed by atoms with Crippen molar-refractivity contribution in [2.75, 3.05) is 39.6 Å². The van der Waals surface area contributed by atoms with Crippen LogP contribution in [0.5, 0.6) is 0 Å². The van der Waals surface area contributed by atoms with Gasteiger partial charge in [-0.1, -0.05) is 318 Å². The number of carbonyl (C=O) groups is 4. The molecule has 2 unspecified atom stereocenters. The van der Waals surface area contributed by atoms with E-state index in [2.05, 4.69) is 113 Å². The van der Waals surface area contributed by atoms with E-state index < -0.39 is 97.5 Å². The lowest BCUT2D eigenvalue weighted by atomic mass is 10.0. The van der Waals surface area contributed by atoms with Gasteiger partial charge in [0.25, 0.3) is 0 Å². The molecular formula is C85H150O17P2. The van der Waals surface area contributed by atoms with Crippen molar-refractivity contribution < 1.29 is 80.2 Å². The molecule has 0 radical (unpaired) electrons. The van der Waals surface area contributed by atoms with Crippen molar-refractivity contribution >= 4 is 39.5 Å². The van der Waals surface area contributed by atoms with Gasteiger partial charge in [0.1, 0.15) is 19.3 Å². The number of hydrogen-bond donors (Lipinski definition) is 3. The molecule has 5 atom stereocenters. The smallest absolute Gasteiger partial charge is 0.462 e. The number of phosphoric ester groups is 2. The van der Waals surface area contributed by atoms with Crippen molar-refractivity contribution in [3.05, 3.63) is 97.2 Å². The lowest BCUT2D eigenvalue weighted by Gasteiger charge is -2.21. The lowest BCUT2D eigenvalue weighted by molar-refractivity contribution is -0.161. The summed E-state index contributed by atoms with van der Waals surface area (Å²) in [5.41, 5.74) is 0. The van der Waals surface area contributed by atoms with Gasteiger partial charge in [0.15, 0.2) is 12.2 Å². The molecule has 0 spiro atoms. The fourth-order valence-electron chi connectivity index (χ4n) is 11.2. The molecule has 0 aromatic heterocycles. The predicted molar refractivity (Wildman–Crippen MR) is 427 cm³/mol. The number of phosphoric acid groups is 2. The monoisotopic (exact) mass is 1510 g/mol. The molecule has 0 aliphatic carbocycles. The van der Waals surface area contributed by atoms with Gasteiger partial charge in [0, 0.05) is 25.7 Å². The highest BCUT2D eigenvalue weighted by Crippen LogP contribution is 2.45. The van der Waals surface area contributed by atoms with E-state index in [0.29, 0.717) is 32.1 Å². The van der Waals surface area contributed by atoms with Gasteiger partial charge in [-0.2, -0.15) is 0 Å².